The normalized spacial score (nSPS) is 28.2. The van der Waals surface area contributed by atoms with E-state index in [1.165, 1.54) is 6.42 Å². The lowest BCUT2D eigenvalue weighted by Crippen LogP contribution is -2.42. The van der Waals surface area contributed by atoms with Crippen LogP contribution in [0.1, 0.15) is 60.8 Å². The molecule has 0 saturated heterocycles. The number of rotatable bonds is 3. The number of hydrogen-bond donors (Lipinski definition) is 1. The zero-order chi connectivity index (χ0) is 15.6. The SMILES string of the molecule is CC(C)(C)OC(=O)CSC1CC(C(C)(C)C)CCC1N. The van der Waals surface area contributed by atoms with Crippen molar-refractivity contribution in [1.82, 2.24) is 0 Å². The van der Waals surface area contributed by atoms with Crippen LogP contribution in [0.4, 0.5) is 0 Å². The van der Waals surface area contributed by atoms with Gasteiger partial charge in [0, 0.05) is 11.3 Å². The second-order valence-electron chi connectivity index (χ2n) is 7.98. The first-order chi connectivity index (χ1) is 8.99. The van der Waals surface area contributed by atoms with Crippen molar-refractivity contribution < 1.29 is 9.53 Å². The van der Waals surface area contributed by atoms with Crippen LogP contribution in [0.2, 0.25) is 0 Å². The Morgan fingerprint density at radius 2 is 1.80 bits per heavy atom. The second-order valence-corrected chi connectivity index (χ2v) is 9.20. The Kier molecular flexibility index (Phi) is 5.97. The van der Waals surface area contributed by atoms with E-state index >= 15 is 0 Å². The zero-order valence-corrected chi connectivity index (χ0v) is 14.7. The van der Waals surface area contributed by atoms with Crippen LogP contribution in [-0.4, -0.2) is 28.6 Å². The summed E-state index contributed by atoms with van der Waals surface area (Å²) in [6.07, 6.45) is 3.38. The highest BCUT2D eigenvalue weighted by Crippen LogP contribution is 2.41. The molecule has 0 aromatic carbocycles. The summed E-state index contributed by atoms with van der Waals surface area (Å²) < 4.78 is 5.36. The van der Waals surface area contributed by atoms with E-state index in [0.717, 1.165) is 12.8 Å². The Bertz CT molecular complexity index is 330. The van der Waals surface area contributed by atoms with Crippen LogP contribution in [0.15, 0.2) is 0 Å². The minimum absolute atomic E-state index is 0.132. The number of ether oxygens (including phenoxy) is 1. The summed E-state index contributed by atoms with van der Waals surface area (Å²) in [6, 6.07) is 0.209. The first kappa shape index (κ1) is 17.8. The molecule has 3 nitrogen and oxygen atoms in total. The minimum Gasteiger partial charge on any atom is -0.459 e. The molecule has 1 rings (SSSR count). The van der Waals surface area contributed by atoms with Crippen LogP contribution >= 0.6 is 11.8 Å². The number of esters is 1. The fraction of sp³-hybridized carbons (Fsp3) is 0.938. The molecule has 1 saturated carbocycles. The van der Waals surface area contributed by atoms with Gasteiger partial charge in [-0.25, -0.2) is 0 Å². The minimum atomic E-state index is -0.403. The maximum atomic E-state index is 11.8. The van der Waals surface area contributed by atoms with Gasteiger partial charge in [-0.05, 0) is 51.4 Å². The van der Waals surface area contributed by atoms with E-state index in [0.29, 0.717) is 22.3 Å². The maximum absolute atomic E-state index is 11.8. The molecule has 118 valence electrons. The van der Waals surface area contributed by atoms with Crippen molar-refractivity contribution >= 4 is 17.7 Å². The molecule has 0 amide bonds. The van der Waals surface area contributed by atoms with Crippen molar-refractivity contribution in [1.29, 1.82) is 0 Å². The molecule has 0 heterocycles. The quantitative estimate of drug-likeness (QED) is 0.809. The van der Waals surface area contributed by atoms with Crippen molar-refractivity contribution in [2.75, 3.05) is 5.75 Å². The third kappa shape index (κ3) is 6.04. The van der Waals surface area contributed by atoms with Gasteiger partial charge in [-0.1, -0.05) is 20.8 Å². The van der Waals surface area contributed by atoms with Crippen LogP contribution in [0.3, 0.4) is 0 Å². The third-order valence-electron chi connectivity index (χ3n) is 3.90. The number of hydrogen-bond acceptors (Lipinski definition) is 4. The molecule has 0 aromatic heterocycles. The monoisotopic (exact) mass is 301 g/mol. The molecule has 0 radical (unpaired) electrons. The van der Waals surface area contributed by atoms with E-state index in [2.05, 4.69) is 20.8 Å². The zero-order valence-electron chi connectivity index (χ0n) is 13.9. The van der Waals surface area contributed by atoms with Crippen LogP contribution in [0.5, 0.6) is 0 Å². The van der Waals surface area contributed by atoms with Gasteiger partial charge in [0.25, 0.3) is 0 Å². The van der Waals surface area contributed by atoms with Crippen molar-refractivity contribution in [3.63, 3.8) is 0 Å². The Morgan fingerprint density at radius 1 is 1.20 bits per heavy atom. The molecule has 3 atom stereocenters. The fourth-order valence-electron chi connectivity index (χ4n) is 2.68. The molecule has 2 N–H and O–H groups in total. The molecule has 20 heavy (non-hydrogen) atoms. The number of nitrogens with two attached hydrogens (primary N) is 1. The highest BCUT2D eigenvalue weighted by atomic mass is 32.2. The molecule has 3 unspecified atom stereocenters. The fourth-order valence-corrected chi connectivity index (χ4v) is 3.84. The van der Waals surface area contributed by atoms with Gasteiger partial charge in [-0.2, -0.15) is 0 Å². The van der Waals surface area contributed by atoms with Crippen LogP contribution in [-0.2, 0) is 9.53 Å². The lowest BCUT2D eigenvalue weighted by atomic mass is 9.71. The summed E-state index contributed by atoms with van der Waals surface area (Å²) in [6.45, 7) is 12.6. The van der Waals surface area contributed by atoms with Crippen LogP contribution in [0, 0.1) is 11.3 Å². The molecule has 1 aliphatic carbocycles. The molecular formula is C16H31NO2S. The topological polar surface area (TPSA) is 52.3 Å². The van der Waals surface area contributed by atoms with Crippen molar-refractivity contribution in [2.24, 2.45) is 17.1 Å². The molecule has 0 aliphatic heterocycles. The van der Waals surface area contributed by atoms with E-state index in [1.54, 1.807) is 11.8 Å². The van der Waals surface area contributed by atoms with Crippen LogP contribution in [0.25, 0.3) is 0 Å². The predicted octanol–water partition coefficient (Wildman–Crippen LogP) is 3.60. The smallest absolute Gasteiger partial charge is 0.316 e. The summed E-state index contributed by atoms with van der Waals surface area (Å²) in [4.78, 5) is 11.8. The lowest BCUT2D eigenvalue weighted by molar-refractivity contribution is -0.151. The Labute approximate surface area is 128 Å². The van der Waals surface area contributed by atoms with Gasteiger partial charge in [0.15, 0.2) is 0 Å². The van der Waals surface area contributed by atoms with Crippen molar-refractivity contribution in [2.45, 2.75) is 77.7 Å². The average molecular weight is 301 g/mol. The van der Waals surface area contributed by atoms with E-state index in [9.17, 15) is 4.79 Å². The van der Waals surface area contributed by atoms with E-state index in [1.807, 2.05) is 20.8 Å². The summed E-state index contributed by atoms with van der Waals surface area (Å²) in [5.74, 6) is 0.970. The van der Waals surface area contributed by atoms with Gasteiger partial charge in [0.05, 0.1) is 5.75 Å². The highest BCUT2D eigenvalue weighted by molar-refractivity contribution is 8.00. The van der Waals surface area contributed by atoms with E-state index in [-0.39, 0.29) is 12.0 Å². The largest absolute Gasteiger partial charge is 0.459 e. The van der Waals surface area contributed by atoms with Gasteiger partial charge in [0.1, 0.15) is 5.60 Å². The third-order valence-corrected chi connectivity index (χ3v) is 5.28. The van der Waals surface area contributed by atoms with Crippen molar-refractivity contribution in [3.8, 4) is 0 Å². The molecule has 4 heteroatoms. The average Bonchev–Trinajstić information content (AvgIpc) is 2.24. The summed E-state index contributed by atoms with van der Waals surface area (Å²) in [7, 11) is 0. The first-order valence-electron chi connectivity index (χ1n) is 7.58. The Morgan fingerprint density at radius 3 is 2.30 bits per heavy atom. The van der Waals surface area contributed by atoms with Gasteiger partial charge >= 0.3 is 5.97 Å². The van der Waals surface area contributed by atoms with Gasteiger partial charge in [0.2, 0.25) is 0 Å². The number of thioether (sulfide) groups is 1. The van der Waals surface area contributed by atoms with Gasteiger partial charge in [-0.3, -0.25) is 4.79 Å². The molecule has 1 aliphatic rings. The molecule has 0 aromatic rings. The van der Waals surface area contributed by atoms with Gasteiger partial charge < -0.3 is 10.5 Å². The predicted molar refractivity (Wildman–Crippen MR) is 86.9 cm³/mol. The van der Waals surface area contributed by atoms with Crippen molar-refractivity contribution in [3.05, 3.63) is 0 Å². The van der Waals surface area contributed by atoms with E-state index < -0.39 is 5.60 Å². The number of carbonyl (C=O) groups is 1. The van der Waals surface area contributed by atoms with Gasteiger partial charge in [-0.15, -0.1) is 11.8 Å². The Balaban J connectivity index is 2.47. The maximum Gasteiger partial charge on any atom is 0.316 e. The molecule has 0 spiro atoms. The molecular weight excluding hydrogens is 270 g/mol. The van der Waals surface area contributed by atoms with E-state index in [4.69, 9.17) is 10.5 Å². The first-order valence-corrected chi connectivity index (χ1v) is 8.63. The summed E-state index contributed by atoms with van der Waals surface area (Å²) in [5.41, 5.74) is 6.15. The summed E-state index contributed by atoms with van der Waals surface area (Å²) in [5, 5.41) is 0.375. The number of carbonyl (C=O) groups excluding carboxylic acids is 1. The Hall–Kier alpha value is -0.220. The second kappa shape index (κ2) is 6.69. The molecule has 0 bridgehead atoms. The highest BCUT2D eigenvalue weighted by Gasteiger charge is 2.35. The lowest BCUT2D eigenvalue weighted by Gasteiger charge is -2.40. The van der Waals surface area contributed by atoms with Crippen LogP contribution < -0.4 is 5.73 Å². The standard InChI is InChI=1S/C16H31NO2S/c1-15(2,3)11-7-8-12(17)13(9-11)20-10-14(18)19-16(4,5)6/h11-13H,7-10,17H2,1-6H3. The molecule has 1 fully saturated rings. The summed E-state index contributed by atoms with van der Waals surface area (Å²) >= 11 is 1.67.